The summed E-state index contributed by atoms with van der Waals surface area (Å²) in [7, 11) is 0. The van der Waals surface area contributed by atoms with Gasteiger partial charge in [0.25, 0.3) is 0 Å². The van der Waals surface area contributed by atoms with Crippen LogP contribution in [0.3, 0.4) is 0 Å². The van der Waals surface area contributed by atoms with E-state index in [1.54, 1.807) is 12.1 Å². The number of benzene rings is 3. The number of rotatable bonds is 4. The van der Waals surface area contributed by atoms with E-state index in [2.05, 4.69) is 28.4 Å². The van der Waals surface area contributed by atoms with Gasteiger partial charge in [0.2, 0.25) is 0 Å². The van der Waals surface area contributed by atoms with Crippen molar-refractivity contribution in [1.82, 2.24) is 10.2 Å². The van der Waals surface area contributed by atoms with Crippen LogP contribution < -0.4 is 5.32 Å². The average molecular weight is 467 g/mol. The van der Waals surface area contributed by atoms with E-state index in [1.807, 2.05) is 30.3 Å². The van der Waals surface area contributed by atoms with Gasteiger partial charge in [-0.15, -0.1) is 0 Å². The van der Waals surface area contributed by atoms with Gasteiger partial charge in [-0.05, 0) is 77.3 Å². The summed E-state index contributed by atoms with van der Waals surface area (Å²) in [5.41, 5.74) is 4.99. The molecule has 1 saturated heterocycles. The van der Waals surface area contributed by atoms with Gasteiger partial charge in [0.1, 0.15) is 0 Å². The number of fused-ring (bicyclic) bond motifs is 5. The summed E-state index contributed by atoms with van der Waals surface area (Å²) in [6, 6.07) is 22.2. The highest BCUT2D eigenvalue weighted by Crippen LogP contribution is 2.52. The van der Waals surface area contributed by atoms with Gasteiger partial charge in [-0.2, -0.15) is 13.2 Å². The number of nitrogens with zero attached hydrogens (tertiary/aromatic N) is 1. The molecule has 170 valence electrons. The van der Waals surface area contributed by atoms with Crippen molar-refractivity contribution in [2.24, 2.45) is 0 Å². The van der Waals surface area contributed by atoms with Crippen molar-refractivity contribution in [3.05, 3.63) is 95.1 Å². The van der Waals surface area contributed by atoms with Gasteiger partial charge in [-0.1, -0.05) is 60.7 Å². The van der Waals surface area contributed by atoms with E-state index in [0.717, 1.165) is 48.6 Å². The molecule has 6 heteroatoms. The molecule has 1 heterocycles. The first-order valence-corrected chi connectivity index (χ1v) is 11.7. The lowest BCUT2D eigenvalue weighted by Gasteiger charge is -2.36. The van der Waals surface area contributed by atoms with E-state index in [1.165, 1.54) is 28.8 Å². The van der Waals surface area contributed by atoms with Gasteiger partial charge in [-0.3, -0.25) is 0 Å². The number of halogens is 3. The third-order valence-corrected chi connectivity index (χ3v) is 7.21. The number of hydrogen-bond donors (Lipinski definition) is 1. The van der Waals surface area contributed by atoms with Crippen molar-refractivity contribution in [3.8, 4) is 11.1 Å². The van der Waals surface area contributed by atoms with Crippen molar-refractivity contribution in [2.45, 2.75) is 37.4 Å². The van der Waals surface area contributed by atoms with Crippen LogP contribution in [0.25, 0.3) is 11.1 Å². The van der Waals surface area contributed by atoms with Gasteiger partial charge in [0.05, 0.1) is 11.6 Å². The van der Waals surface area contributed by atoms with E-state index in [-0.39, 0.29) is 6.04 Å². The molecule has 1 aliphatic heterocycles. The molecule has 0 amide bonds. The van der Waals surface area contributed by atoms with Crippen LogP contribution in [0.4, 0.5) is 13.2 Å². The van der Waals surface area contributed by atoms with Crippen molar-refractivity contribution in [1.29, 1.82) is 0 Å². The zero-order valence-electron chi connectivity index (χ0n) is 18.1. The molecule has 5 rings (SSSR count). The predicted octanol–water partition coefficient (Wildman–Crippen LogP) is 6.72. The minimum Gasteiger partial charge on any atom is -0.362 e. The molecule has 0 saturated carbocycles. The Kier molecular flexibility index (Phi) is 5.87. The second-order valence-electron chi connectivity index (χ2n) is 8.78. The Balaban J connectivity index is 1.37. The Bertz CT molecular complexity index is 1140. The molecule has 33 heavy (non-hydrogen) atoms. The number of likely N-dealkylation sites (tertiary alicyclic amines) is 1. The Morgan fingerprint density at radius 3 is 2.45 bits per heavy atom. The lowest BCUT2D eigenvalue weighted by Crippen LogP contribution is -2.44. The summed E-state index contributed by atoms with van der Waals surface area (Å²) < 4.78 is 39.1. The maximum absolute atomic E-state index is 13.0. The molecule has 1 N–H and O–H groups in total. The maximum atomic E-state index is 13.0. The van der Waals surface area contributed by atoms with E-state index >= 15 is 0 Å². The van der Waals surface area contributed by atoms with Crippen LogP contribution >= 0.6 is 12.2 Å². The van der Waals surface area contributed by atoms with Crippen LogP contribution in [-0.2, 0) is 12.6 Å². The fraction of sp³-hybridized carbons (Fsp3) is 0.296. The molecular formula is C27H25F3N2S. The summed E-state index contributed by atoms with van der Waals surface area (Å²) >= 11 is 5.79. The zero-order chi connectivity index (χ0) is 23.0. The summed E-state index contributed by atoms with van der Waals surface area (Å²) in [4.78, 5) is 2.27. The lowest BCUT2D eigenvalue weighted by atomic mass is 9.93. The molecular weight excluding hydrogens is 441 g/mol. The Labute approximate surface area is 197 Å². The summed E-state index contributed by atoms with van der Waals surface area (Å²) in [6.07, 6.45) is -1.41. The number of piperidine rings is 1. The monoisotopic (exact) mass is 466 g/mol. The standard InChI is InChI=1S/C27H25F3N2S/c28-27(29,30)21-11-9-19(10-12-21)22-7-4-8-23-20-14-16-32(24(17-20)25(22)23)26(33)31-15-13-18-5-2-1-3-6-18/h1-12,20,24H,13-17H2,(H,31,33). The second-order valence-corrected chi connectivity index (χ2v) is 9.17. The normalized spacial score (nSPS) is 19.3. The van der Waals surface area contributed by atoms with Crippen molar-refractivity contribution < 1.29 is 13.2 Å². The van der Waals surface area contributed by atoms with Gasteiger partial charge in [0.15, 0.2) is 5.11 Å². The molecule has 0 radical (unpaired) electrons. The van der Waals surface area contributed by atoms with Gasteiger partial charge >= 0.3 is 6.18 Å². The highest BCUT2D eigenvalue weighted by Gasteiger charge is 2.41. The predicted molar refractivity (Wildman–Crippen MR) is 129 cm³/mol. The SMILES string of the molecule is FC(F)(F)c1ccc(-c2cccc3c2C2CC3CCN2C(=S)NCCc2ccccc2)cc1. The smallest absolute Gasteiger partial charge is 0.362 e. The maximum Gasteiger partial charge on any atom is 0.416 e. The fourth-order valence-electron chi connectivity index (χ4n) is 5.23. The van der Waals surface area contributed by atoms with Crippen molar-refractivity contribution in [3.63, 3.8) is 0 Å². The van der Waals surface area contributed by atoms with Crippen LogP contribution in [0.15, 0.2) is 72.8 Å². The zero-order valence-corrected chi connectivity index (χ0v) is 18.9. The van der Waals surface area contributed by atoms with Crippen LogP contribution in [0.2, 0.25) is 0 Å². The van der Waals surface area contributed by atoms with Crippen LogP contribution in [-0.4, -0.2) is 23.1 Å². The molecule has 3 aromatic rings. The fourth-order valence-corrected chi connectivity index (χ4v) is 5.55. The van der Waals surface area contributed by atoms with Gasteiger partial charge < -0.3 is 10.2 Å². The minimum atomic E-state index is -4.33. The number of thiocarbonyl (C=S) groups is 1. The highest BCUT2D eigenvalue weighted by molar-refractivity contribution is 7.80. The topological polar surface area (TPSA) is 15.3 Å². The molecule has 2 aliphatic rings. The third kappa shape index (κ3) is 4.36. The quantitative estimate of drug-likeness (QED) is 0.430. The number of nitrogens with one attached hydrogen (secondary N) is 1. The molecule has 2 nitrogen and oxygen atoms in total. The molecule has 1 aliphatic carbocycles. The van der Waals surface area contributed by atoms with Crippen molar-refractivity contribution in [2.75, 3.05) is 13.1 Å². The second kappa shape index (κ2) is 8.82. The minimum absolute atomic E-state index is 0.147. The van der Waals surface area contributed by atoms with E-state index < -0.39 is 11.7 Å². The van der Waals surface area contributed by atoms with Crippen LogP contribution in [0, 0.1) is 0 Å². The van der Waals surface area contributed by atoms with Gasteiger partial charge in [0, 0.05) is 13.1 Å². The van der Waals surface area contributed by atoms with Gasteiger partial charge in [-0.25, -0.2) is 0 Å². The van der Waals surface area contributed by atoms with E-state index in [4.69, 9.17) is 12.2 Å². The molecule has 3 aromatic carbocycles. The van der Waals surface area contributed by atoms with E-state index in [9.17, 15) is 13.2 Å². The summed E-state index contributed by atoms with van der Waals surface area (Å²) in [5.74, 6) is 0.475. The molecule has 1 fully saturated rings. The average Bonchev–Trinajstić information content (AvgIpc) is 3.11. The van der Waals surface area contributed by atoms with Crippen molar-refractivity contribution >= 4 is 17.3 Å². The molecule has 0 spiro atoms. The van der Waals surface area contributed by atoms with E-state index in [0.29, 0.717) is 5.92 Å². The summed E-state index contributed by atoms with van der Waals surface area (Å²) in [6.45, 7) is 1.65. The first-order chi connectivity index (χ1) is 15.9. The highest BCUT2D eigenvalue weighted by atomic mass is 32.1. The number of alkyl halides is 3. The third-order valence-electron chi connectivity index (χ3n) is 6.83. The number of hydrogen-bond acceptors (Lipinski definition) is 1. The molecule has 2 bridgehead atoms. The van der Waals surface area contributed by atoms with Crippen LogP contribution in [0.5, 0.6) is 0 Å². The Morgan fingerprint density at radius 2 is 1.73 bits per heavy atom. The first kappa shape index (κ1) is 22.0. The Morgan fingerprint density at radius 1 is 0.970 bits per heavy atom. The summed E-state index contributed by atoms with van der Waals surface area (Å²) in [5, 5.41) is 4.18. The van der Waals surface area contributed by atoms with Crippen LogP contribution in [0.1, 0.15) is 47.1 Å². The molecule has 0 aromatic heterocycles. The lowest BCUT2D eigenvalue weighted by molar-refractivity contribution is -0.137. The Hall–Kier alpha value is -2.86. The largest absolute Gasteiger partial charge is 0.416 e. The first-order valence-electron chi connectivity index (χ1n) is 11.3. The molecule has 2 unspecified atom stereocenters. The molecule has 2 atom stereocenters.